The topological polar surface area (TPSA) is 87.0 Å². The highest BCUT2D eigenvalue weighted by Gasteiger charge is 2.15. The molecule has 0 bridgehead atoms. The van der Waals surface area contributed by atoms with Crippen LogP contribution in [0.2, 0.25) is 51.4 Å². The molecule has 0 amide bonds. The molecule has 1 N–H and O–H groups in total. The van der Waals surface area contributed by atoms with Crippen molar-refractivity contribution < 1.29 is 9.47 Å². The fourth-order valence-electron chi connectivity index (χ4n) is 2.11. The van der Waals surface area contributed by atoms with Gasteiger partial charge in [-0.05, 0) is 12.1 Å². The molecule has 0 aliphatic rings. The first-order valence-electron chi connectivity index (χ1n) is 9.09. The van der Waals surface area contributed by atoms with Gasteiger partial charge in [0.2, 0.25) is 0 Å². The molecular weight excluding hydrogens is 364 g/mol. The summed E-state index contributed by atoms with van der Waals surface area (Å²) in [6.07, 6.45) is 1.51. The Morgan fingerprint density at radius 2 is 1.62 bits per heavy atom. The Balaban J connectivity index is 1.87. The molecule has 0 fully saturated rings. The van der Waals surface area contributed by atoms with Crippen LogP contribution in [0.1, 0.15) is 0 Å². The first-order chi connectivity index (χ1) is 12.2. The predicted molar refractivity (Wildman–Crippen MR) is 110 cm³/mol. The molecule has 26 heavy (non-hydrogen) atoms. The molecule has 2 aromatic heterocycles. The summed E-state index contributed by atoms with van der Waals surface area (Å²) in [5, 5.41) is 11.5. The molecule has 10 heteroatoms. The van der Waals surface area contributed by atoms with Gasteiger partial charge < -0.3 is 14.8 Å². The number of nitrogens with one attached hydrogen (secondary N) is 1. The van der Waals surface area contributed by atoms with E-state index in [1.54, 1.807) is 4.68 Å². The molecule has 0 aliphatic heterocycles. The second-order valence-electron chi connectivity index (χ2n) is 8.87. The molecular formula is C16H32N6O2Si2. The zero-order chi connectivity index (χ0) is 19.2. The largest absolute Gasteiger partial charge is 0.362 e. The predicted octanol–water partition coefficient (Wildman–Crippen LogP) is 3.26. The van der Waals surface area contributed by atoms with Crippen molar-refractivity contribution in [3.63, 3.8) is 0 Å². The van der Waals surface area contributed by atoms with Crippen molar-refractivity contribution in [3.8, 4) is 0 Å². The van der Waals surface area contributed by atoms with Gasteiger partial charge in [0.1, 0.15) is 19.8 Å². The minimum atomic E-state index is -1.09. The number of nitrogens with zero attached hydrogens (tertiary/aromatic N) is 5. The number of fused-ring (bicyclic) bond motifs is 1. The van der Waals surface area contributed by atoms with Gasteiger partial charge in [0.15, 0.2) is 17.0 Å². The van der Waals surface area contributed by atoms with Crippen molar-refractivity contribution in [2.45, 2.75) is 58.1 Å². The number of anilines is 1. The van der Waals surface area contributed by atoms with Gasteiger partial charge in [-0.2, -0.15) is 0 Å². The summed E-state index contributed by atoms with van der Waals surface area (Å²) in [4.78, 5) is 8.54. The van der Waals surface area contributed by atoms with E-state index < -0.39 is 16.1 Å². The summed E-state index contributed by atoms with van der Waals surface area (Å²) in [7, 11) is -2.16. The Morgan fingerprint density at radius 3 is 2.27 bits per heavy atom. The van der Waals surface area contributed by atoms with E-state index in [-0.39, 0.29) is 0 Å². The summed E-state index contributed by atoms with van der Waals surface area (Å²) in [5.41, 5.74) is 1.30. The van der Waals surface area contributed by atoms with Gasteiger partial charge >= 0.3 is 0 Å². The number of aromatic nitrogens is 5. The highest BCUT2D eigenvalue weighted by Crippen LogP contribution is 2.16. The maximum Gasteiger partial charge on any atom is 0.186 e. The normalized spacial score (nSPS) is 12.7. The number of rotatable bonds is 11. The zero-order valence-electron chi connectivity index (χ0n) is 16.9. The van der Waals surface area contributed by atoms with Crippen molar-refractivity contribution in [3.05, 3.63) is 6.33 Å². The van der Waals surface area contributed by atoms with Gasteiger partial charge in [0.05, 0.1) is 0 Å². The molecule has 0 aromatic carbocycles. The molecule has 146 valence electrons. The summed E-state index contributed by atoms with van der Waals surface area (Å²) >= 11 is 0. The summed E-state index contributed by atoms with van der Waals surface area (Å²) in [6, 6.07) is 2.26. The minimum Gasteiger partial charge on any atom is -0.362 e. The van der Waals surface area contributed by atoms with Crippen LogP contribution in [0.25, 0.3) is 11.2 Å². The van der Waals surface area contributed by atoms with Crippen LogP contribution in [0, 0.1) is 0 Å². The van der Waals surface area contributed by atoms with Crippen LogP contribution in [-0.4, -0.2) is 61.1 Å². The first-order valence-corrected chi connectivity index (χ1v) is 16.5. The lowest BCUT2D eigenvalue weighted by molar-refractivity contribution is 0.0799. The highest BCUT2D eigenvalue weighted by atomic mass is 28.3. The van der Waals surface area contributed by atoms with Crippen molar-refractivity contribution in [2.24, 2.45) is 0 Å². The average Bonchev–Trinajstić information content (AvgIpc) is 2.93. The van der Waals surface area contributed by atoms with Gasteiger partial charge in [0.25, 0.3) is 0 Å². The van der Waals surface area contributed by atoms with Crippen molar-refractivity contribution in [1.29, 1.82) is 0 Å². The van der Waals surface area contributed by atoms with E-state index in [2.05, 4.69) is 64.9 Å². The lowest BCUT2D eigenvalue weighted by Crippen LogP contribution is -2.22. The zero-order valence-corrected chi connectivity index (χ0v) is 18.9. The number of ether oxygens (including phenoxy) is 2. The van der Waals surface area contributed by atoms with Crippen molar-refractivity contribution in [2.75, 3.05) is 25.3 Å². The van der Waals surface area contributed by atoms with E-state index in [0.717, 1.165) is 25.3 Å². The molecule has 0 unspecified atom stereocenters. The van der Waals surface area contributed by atoms with E-state index in [0.29, 0.717) is 30.4 Å². The van der Waals surface area contributed by atoms with E-state index in [1.807, 2.05) is 0 Å². The fourth-order valence-corrected chi connectivity index (χ4v) is 3.62. The SMILES string of the molecule is C[Si](C)(C)CCOCNc1ncnc2c1nnn2COCC[Si](C)(C)C. The van der Waals surface area contributed by atoms with Gasteiger partial charge in [-0.1, -0.05) is 44.5 Å². The standard InChI is InChI=1S/C16H32N6O2Si2/c1-25(2,3)9-7-23-12-19-15-14-16(18-11-17-15)22(21-20-14)13-24-8-10-26(4,5)6/h11H,7-10,12-13H2,1-6H3,(H,17,18,19). The van der Waals surface area contributed by atoms with Crippen LogP contribution in [0.5, 0.6) is 0 Å². The molecule has 0 saturated heterocycles. The Labute approximate surface area is 157 Å². The first kappa shape index (κ1) is 20.9. The van der Waals surface area contributed by atoms with Crippen molar-refractivity contribution in [1.82, 2.24) is 25.0 Å². The second-order valence-corrected chi connectivity index (χ2v) is 20.1. The fraction of sp³-hybridized carbons (Fsp3) is 0.750. The summed E-state index contributed by atoms with van der Waals surface area (Å²) in [5.74, 6) is 0.636. The molecule has 0 radical (unpaired) electrons. The highest BCUT2D eigenvalue weighted by molar-refractivity contribution is 6.76. The number of hydrogen-bond donors (Lipinski definition) is 1. The molecule has 8 nitrogen and oxygen atoms in total. The third kappa shape index (κ3) is 7.10. The lowest BCUT2D eigenvalue weighted by atomic mass is 10.5. The van der Waals surface area contributed by atoms with Crippen LogP contribution < -0.4 is 5.32 Å². The van der Waals surface area contributed by atoms with Crippen molar-refractivity contribution >= 4 is 33.1 Å². The van der Waals surface area contributed by atoms with Crippen LogP contribution in [0.15, 0.2) is 6.33 Å². The van der Waals surface area contributed by atoms with Crippen LogP contribution >= 0.6 is 0 Å². The Kier molecular flexibility index (Phi) is 7.27. The van der Waals surface area contributed by atoms with E-state index in [1.165, 1.54) is 6.33 Å². The van der Waals surface area contributed by atoms with E-state index >= 15 is 0 Å². The van der Waals surface area contributed by atoms with E-state index in [4.69, 9.17) is 9.47 Å². The summed E-state index contributed by atoms with van der Waals surface area (Å²) < 4.78 is 13.1. The molecule has 2 heterocycles. The Morgan fingerprint density at radius 1 is 0.962 bits per heavy atom. The monoisotopic (exact) mass is 396 g/mol. The van der Waals surface area contributed by atoms with Crippen LogP contribution in [0.3, 0.4) is 0 Å². The molecule has 2 rings (SSSR count). The summed E-state index contributed by atoms with van der Waals surface area (Å²) in [6.45, 7) is 16.2. The number of hydrogen-bond acceptors (Lipinski definition) is 7. The smallest absolute Gasteiger partial charge is 0.186 e. The molecule has 0 atom stereocenters. The van der Waals surface area contributed by atoms with Crippen LogP contribution in [0.4, 0.5) is 5.82 Å². The molecule has 2 aromatic rings. The van der Waals surface area contributed by atoms with Gasteiger partial charge in [-0.3, -0.25) is 0 Å². The second kappa shape index (κ2) is 9.02. The minimum absolute atomic E-state index is 0.351. The van der Waals surface area contributed by atoms with E-state index in [9.17, 15) is 0 Å². The Bertz CT molecular complexity index is 696. The Hall–Kier alpha value is -1.37. The maximum absolute atomic E-state index is 5.74. The lowest BCUT2D eigenvalue weighted by Gasteiger charge is -2.15. The third-order valence-electron chi connectivity index (χ3n) is 3.85. The molecule has 0 spiro atoms. The average molecular weight is 397 g/mol. The van der Waals surface area contributed by atoms with Crippen LogP contribution in [-0.2, 0) is 16.2 Å². The maximum atomic E-state index is 5.74. The van der Waals surface area contributed by atoms with Gasteiger partial charge in [-0.15, -0.1) is 5.10 Å². The third-order valence-corrected chi connectivity index (χ3v) is 7.26. The molecule has 0 aliphatic carbocycles. The van der Waals surface area contributed by atoms with Gasteiger partial charge in [0, 0.05) is 29.4 Å². The molecule has 0 saturated carbocycles. The van der Waals surface area contributed by atoms with Gasteiger partial charge in [-0.25, -0.2) is 14.6 Å². The quantitative estimate of drug-likeness (QED) is 0.354.